The molecule has 0 aromatic rings. The lowest BCUT2D eigenvalue weighted by molar-refractivity contribution is -0.208. The van der Waals surface area contributed by atoms with E-state index >= 15 is 0 Å². The molecule has 8 aliphatic rings. The SMILES string of the molecule is COC(=O)[C@]12[C@@H]3[C@@H]4C(=O)[C@@H](OC(C)=O)C[C@@H]4[C@@H]4[C@@H]3[C@@H]3[C@@H]1[C@H]1C[C@H](OC(C)=O)C(=O)[C@@H]1[C@@H]3[C@]42C(=O)OC. The van der Waals surface area contributed by atoms with Gasteiger partial charge in [0.1, 0.15) is 0 Å². The van der Waals surface area contributed by atoms with Gasteiger partial charge in [-0.1, -0.05) is 0 Å². The molecule has 10 nitrogen and oxygen atoms in total. The fourth-order valence-corrected chi connectivity index (χ4v) is 11.8. The van der Waals surface area contributed by atoms with Crippen LogP contribution in [0.25, 0.3) is 0 Å². The Morgan fingerprint density at radius 1 is 0.667 bits per heavy atom. The van der Waals surface area contributed by atoms with E-state index in [0.29, 0.717) is 12.8 Å². The number of rotatable bonds is 4. The third-order valence-electron chi connectivity index (χ3n) is 11.4. The molecule has 0 saturated heterocycles. The van der Waals surface area contributed by atoms with Crippen molar-refractivity contribution in [3.8, 4) is 0 Å². The van der Waals surface area contributed by atoms with Gasteiger partial charge in [-0.2, -0.15) is 0 Å². The van der Waals surface area contributed by atoms with E-state index < -0.39 is 70.6 Å². The highest BCUT2D eigenvalue weighted by Crippen LogP contribution is 2.97. The number of hydrogen-bond donors (Lipinski definition) is 0. The maximum Gasteiger partial charge on any atom is 0.313 e. The molecule has 0 amide bonds. The van der Waals surface area contributed by atoms with Gasteiger partial charge in [-0.15, -0.1) is 0 Å². The summed E-state index contributed by atoms with van der Waals surface area (Å²) in [6.45, 7) is 2.52. The summed E-state index contributed by atoms with van der Waals surface area (Å²) in [5.41, 5.74) is -2.57. The van der Waals surface area contributed by atoms with Crippen LogP contribution in [0.4, 0.5) is 0 Å². The number of carbonyl (C=O) groups excluding carboxylic acids is 6. The first kappa shape index (κ1) is 22.4. The van der Waals surface area contributed by atoms with Crippen LogP contribution in [0.1, 0.15) is 26.7 Å². The lowest BCUT2D eigenvalue weighted by Gasteiger charge is -2.56. The van der Waals surface area contributed by atoms with Crippen molar-refractivity contribution >= 4 is 35.4 Å². The molecule has 36 heavy (non-hydrogen) atoms. The van der Waals surface area contributed by atoms with Crippen LogP contribution in [-0.4, -0.2) is 61.9 Å². The summed E-state index contributed by atoms with van der Waals surface area (Å²) in [5.74, 6) is -5.69. The Morgan fingerprint density at radius 3 is 1.33 bits per heavy atom. The van der Waals surface area contributed by atoms with E-state index in [4.69, 9.17) is 18.9 Å². The Balaban J connectivity index is 1.41. The molecule has 0 N–H and O–H groups in total. The second kappa shape index (κ2) is 6.55. The minimum atomic E-state index is -1.28. The van der Waals surface area contributed by atoms with Crippen LogP contribution >= 0.6 is 0 Å². The number of carbonyl (C=O) groups is 6. The Bertz CT molecular complexity index is 1090. The third-order valence-corrected chi connectivity index (χ3v) is 11.4. The number of Topliss-reactive ketones (excluding diaryl/α,β-unsaturated/α-hetero) is 2. The summed E-state index contributed by atoms with van der Waals surface area (Å²) in [7, 11) is 2.59. The van der Waals surface area contributed by atoms with Gasteiger partial charge in [0.15, 0.2) is 23.8 Å². The summed E-state index contributed by atoms with van der Waals surface area (Å²) in [5, 5.41) is 0. The zero-order chi connectivity index (χ0) is 25.6. The minimum Gasteiger partial charge on any atom is -0.469 e. The van der Waals surface area contributed by atoms with E-state index in [9.17, 15) is 28.8 Å². The summed E-state index contributed by atoms with van der Waals surface area (Å²) < 4.78 is 21.5. The van der Waals surface area contributed by atoms with Crippen LogP contribution in [0.2, 0.25) is 0 Å². The number of methoxy groups -OCH3 is 2. The predicted molar refractivity (Wildman–Crippen MR) is 114 cm³/mol. The largest absolute Gasteiger partial charge is 0.469 e. The van der Waals surface area contributed by atoms with Crippen molar-refractivity contribution in [3.05, 3.63) is 0 Å². The van der Waals surface area contributed by atoms with Crippen molar-refractivity contribution in [2.24, 2.45) is 70.0 Å². The van der Waals surface area contributed by atoms with Gasteiger partial charge in [0.25, 0.3) is 0 Å². The fraction of sp³-hybridized carbons (Fsp3) is 0.769. The van der Waals surface area contributed by atoms with Gasteiger partial charge in [-0.05, 0) is 60.2 Å². The molecule has 0 unspecified atom stereocenters. The van der Waals surface area contributed by atoms with Crippen LogP contribution in [-0.2, 0) is 47.7 Å². The molecule has 14 atom stereocenters. The average Bonchev–Trinajstić information content (AvgIpc) is 3.65. The molecule has 0 spiro atoms. The fourth-order valence-electron chi connectivity index (χ4n) is 11.8. The van der Waals surface area contributed by atoms with E-state index in [1.165, 1.54) is 28.1 Å². The van der Waals surface area contributed by atoms with Gasteiger partial charge in [0.05, 0.1) is 25.0 Å². The summed E-state index contributed by atoms with van der Waals surface area (Å²) >= 11 is 0. The molecule has 8 aliphatic carbocycles. The van der Waals surface area contributed by atoms with Gasteiger partial charge < -0.3 is 18.9 Å². The zero-order valence-corrected chi connectivity index (χ0v) is 20.4. The first-order valence-corrected chi connectivity index (χ1v) is 12.7. The molecule has 0 aliphatic heterocycles. The van der Waals surface area contributed by atoms with E-state index in [1.54, 1.807) is 0 Å². The zero-order valence-electron chi connectivity index (χ0n) is 20.4. The van der Waals surface area contributed by atoms with Crippen molar-refractivity contribution in [2.75, 3.05) is 14.2 Å². The minimum absolute atomic E-state index is 0.0824. The highest BCUT2D eigenvalue weighted by molar-refractivity contribution is 6.01. The maximum absolute atomic E-state index is 13.9. The molecule has 10 heteroatoms. The molecule has 192 valence electrons. The first-order chi connectivity index (χ1) is 17.1. The van der Waals surface area contributed by atoms with E-state index in [-0.39, 0.29) is 47.1 Å². The molecule has 8 bridgehead atoms. The Morgan fingerprint density at radius 2 is 1.03 bits per heavy atom. The van der Waals surface area contributed by atoms with Gasteiger partial charge in [-0.3, -0.25) is 28.8 Å². The van der Waals surface area contributed by atoms with E-state index in [1.807, 2.05) is 0 Å². The average molecular weight is 501 g/mol. The van der Waals surface area contributed by atoms with Crippen LogP contribution in [0.15, 0.2) is 0 Å². The highest BCUT2D eigenvalue weighted by Gasteiger charge is 3.02. The highest BCUT2D eigenvalue weighted by atomic mass is 16.6. The van der Waals surface area contributed by atoms with Gasteiger partial charge in [-0.25, -0.2) is 0 Å². The number of hydrogen-bond acceptors (Lipinski definition) is 10. The monoisotopic (exact) mass is 500 g/mol. The second-order valence-electron chi connectivity index (χ2n) is 11.8. The van der Waals surface area contributed by atoms with Crippen LogP contribution in [0.5, 0.6) is 0 Å². The molecule has 0 aromatic heterocycles. The standard InChI is InChI=1S/C26H28O10/c1-7(27)35-11-5-9-13(21(11)29)19-15-16-18-10-6-12(36-8(2)28)22(30)14(10)20(16)25(17(9)15,23(31)33-3)26(18,19)24(32)34-4/h9-20H,5-6H2,1-4H3/t9-,10-,11-,12-,13-,14+,15+,16-,17-,18+,19-,20+,25+,26-/m0/s1. The lowest BCUT2D eigenvalue weighted by atomic mass is 9.43. The molecule has 8 saturated carbocycles. The normalized spacial score (nSPS) is 53.6. The Kier molecular flexibility index (Phi) is 4.08. The topological polar surface area (TPSA) is 139 Å². The molecular weight excluding hydrogens is 472 g/mol. The van der Waals surface area contributed by atoms with E-state index in [2.05, 4.69) is 0 Å². The van der Waals surface area contributed by atoms with E-state index in [0.717, 1.165) is 0 Å². The van der Waals surface area contributed by atoms with Crippen molar-refractivity contribution in [2.45, 2.75) is 38.9 Å². The van der Waals surface area contributed by atoms with Gasteiger partial charge >= 0.3 is 23.9 Å². The molecular formula is C26H28O10. The Labute approximate surface area is 206 Å². The van der Waals surface area contributed by atoms with Crippen LogP contribution in [0.3, 0.4) is 0 Å². The smallest absolute Gasteiger partial charge is 0.313 e. The summed E-state index contributed by atoms with van der Waals surface area (Å²) in [6, 6.07) is 0. The molecule has 0 aromatic carbocycles. The quantitative estimate of drug-likeness (QED) is 0.392. The third kappa shape index (κ3) is 1.91. The van der Waals surface area contributed by atoms with Crippen molar-refractivity contribution in [1.29, 1.82) is 0 Å². The van der Waals surface area contributed by atoms with Crippen LogP contribution < -0.4 is 0 Å². The number of fused-ring (bicyclic) bond motifs is 2. The van der Waals surface area contributed by atoms with Gasteiger partial charge in [0, 0.05) is 25.7 Å². The van der Waals surface area contributed by atoms with Crippen molar-refractivity contribution < 1.29 is 47.7 Å². The molecule has 8 rings (SSSR count). The number of esters is 4. The lowest BCUT2D eigenvalue weighted by Crippen LogP contribution is -2.66. The molecule has 8 fully saturated rings. The van der Waals surface area contributed by atoms with Crippen molar-refractivity contribution in [3.63, 3.8) is 0 Å². The Hall–Kier alpha value is -2.78. The second-order valence-corrected chi connectivity index (χ2v) is 11.8. The summed E-state index contributed by atoms with van der Waals surface area (Å²) in [4.78, 5) is 78.3. The molecule has 0 radical (unpaired) electrons. The maximum atomic E-state index is 13.9. The van der Waals surface area contributed by atoms with Gasteiger partial charge in [0.2, 0.25) is 0 Å². The number of ether oxygens (including phenoxy) is 4. The predicted octanol–water partition coefficient (Wildman–Crippen LogP) is 0.344. The number of ketones is 2. The van der Waals surface area contributed by atoms with Crippen LogP contribution in [0, 0.1) is 70.0 Å². The molecule has 0 heterocycles. The summed E-state index contributed by atoms with van der Waals surface area (Å²) in [6.07, 6.45) is -1.18. The first-order valence-electron chi connectivity index (χ1n) is 12.7. The van der Waals surface area contributed by atoms with Crippen molar-refractivity contribution in [1.82, 2.24) is 0 Å².